The summed E-state index contributed by atoms with van der Waals surface area (Å²) in [6, 6.07) is 32.3. The Bertz CT molecular complexity index is 764. The average Bonchev–Trinajstić information content (AvgIpc) is 3.12. The van der Waals surface area contributed by atoms with E-state index in [1.807, 2.05) is 0 Å². The van der Waals surface area contributed by atoms with Gasteiger partial charge in [-0.1, -0.05) is 91.0 Å². The van der Waals surface area contributed by atoms with Crippen LogP contribution in [0.5, 0.6) is 0 Å². The molecule has 0 saturated carbocycles. The third-order valence-corrected chi connectivity index (χ3v) is 5.35. The lowest BCUT2D eigenvalue weighted by molar-refractivity contribution is 0.242. The van der Waals surface area contributed by atoms with Crippen LogP contribution in [0.15, 0.2) is 101 Å². The Morgan fingerprint density at radius 2 is 1.08 bits per heavy atom. The minimum Gasteiger partial charge on any atom is -0.362 e. The van der Waals surface area contributed by atoms with E-state index in [-0.39, 0.29) is 5.54 Å². The summed E-state index contributed by atoms with van der Waals surface area (Å²) in [5.41, 5.74) is 3.41. The molecule has 0 spiro atoms. The molecule has 1 aliphatic heterocycles. The first kappa shape index (κ1) is 16.2. The van der Waals surface area contributed by atoms with Crippen LogP contribution in [0, 0.1) is 0 Å². The molecule has 0 saturated heterocycles. The Morgan fingerprint density at radius 3 is 1.40 bits per heavy atom. The zero-order valence-electron chi connectivity index (χ0n) is 13.8. The zero-order valence-corrected chi connectivity index (χ0v) is 15.9. The van der Waals surface area contributed by atoms with E-state index in [2.05, 4.69) is 130 Å². The van der Waals surface area contributed by atoms with Crippen molar-refractivity contribution in [2.24, 2.45) is 0 Å². The van der Waals surface area contributed by atoms with Crippen molar-refractivity contribution in [1.82, 2.24) is 10.2 Å². The smallest absolute Gasteiger partial charge is 0.117 e. The molecule has 25 heavy (non-hydrogen) atoms. The average molecular weight is 438 g/mol. The van der Waals surface area contributed by atoms with Gasteiger partial charge in [-0.05, 0) is 39.3 Å². The predicted octanol–water partition coefficient (Wildman–Crippen LogP) is 5.08. The second kappa shape index (κ2) is 6.92. The molecule has 0 unspecified atom stereocenters. The lowest BCUT2D eigenvalue weighted by Crippen LogP contribution is -2.45. The summed E-state index contributed by atoms with van der Waals surface area (Å²) in [6.45, 7) is 0.775. The Morgan fingerprint density at radius 1 is 0.680 bits per heavy atom. The number of nitrogens with zero attached hydrogens (tertiary/aromatic N) is 1. The molecule has 124 valence electrons. The number of nitrogens with one attached hydrogen (secondary N) is 1. The van der Waals surface area contributed by atoms with Gasteiger partial charge in [0.05, 0.1) is 10.4 Å². The second-order valence-electron chi connectivity index (χ2n) is 6.09. The molecular weight excluding hydrogens is 419 g/mol. The van der Waals surface area contributed by atoms with Crippen molar-refractivity contribution < 1.29 is 0 Å². The zero-order chi connectivity index (χ0) is 17.1. The van der Waals surface area contributed by atoms with Crippen LogP contribution >= 0.6 is 22.6 Å². The maximum atomic E-state index is 3.46. The fourth-order valence-electron chi connectivity index (χ4n) is 3.64. The number of hydrogen-bond acceptors (Lipinski definition) is 2. The van der Waals surface area contributed by atoms with E-state index in [9.17, 15) is 0 Å². The third kappa shape index (κ3) is 2.82. The number of benzene rings is 3. The first-order valence-corrected chi connectivity index (χ1v) is 9.44. The molecule has 1 N–H and O–H groups in total. The molecule has 3 aromatic carbocycles. The largest absolute Gasteiger partial charge is 0.362 e. The second-order valence-corrected chi connectivity index (χ2v) is 7.25. The van der Waals surface area contributed by atoms with E-state index < -0.39 is 0 Å². The predicted molar refractivity (Wildman–Crippen MR) is 111 cm³/mol. The lowest BCUT2D eigenvalue weighted by atomic mass is 9.76. The third-order valence-electron chi connectivity index (χ3n) is 4.69. The molecule has 0 atom stereocenters. The van der Waals surface area contributed by atoms with Crippen LogP contribution in [-0.4, -0.2) is 11.6 Å². The van der Waals surface area contributed by atoms with Gasteiger partial charge in [0.2, 0.25) is 0 Å². The van der Waals surface area contributed by atoms with E-state index in [0.717, 1.165) is 10.4 Å². The van der Waals surface area contributed by atoms with Gasteiger partial charge >= 0.3 is 0 Å². The molecule has 4 rings (SSSR count). The standard InChI is InChI=1S/C22H19IN2/c23-21-16-25(17-24-21)22(18-10-4-1-5-11-18,19-12-6-2-7-13-19)20-14-8-3-9-15-20/h1-16,24H,17H2. The molecule has 0 aliphatic carbocycles. The van der Waals surface area contributed by atoms with Crippen LogP contribution in [0.25, 0.3) is 0 Å². The van der Waals surface area contributed by atoms with E-state index >= 15 is 0 Å². The Kier molecular flexibility index (Phi) is 4.49. The van der Waals surface area contributed by atoms with Gasteiger partial charge in [0, 0.05) is 6.20 Å². The van der Waals surface area contributed by atoms with Crippen LogP contribution < -0.4 is 5.32 Å². The van der Waals surface area contributed by atoms with Gasteiger partial charge in [-0.25, -0.2) is 0 Å². The minimum absolute atomic E-state index is 0.371. The topological polar surface area (TPSA) is 15.3 Å². The first-order valence-electron chi connectivity index (χ1n) is 8.36. The molecular formula is C22H19IN2. The summed E-state index contributed by atoms with van der Waals surface area (Å²) < 4.78 is 1.16. The summed E-state index contributed by atoms with van der Waals surface area (Å²) in [6.07, 6.45) is 2.22. The fourth-order valence-corrected chi connectivity index (χ4v) is 4.15. The maximum absolute atomic E-state index is 3.46. The van der Waals surface area contributed by atoms with E-state index in [0.29, 0.717) is 0 Å². The summed E-state index contributed by atoms with van der Waals surface area (Å²) in [7, 11) is 0. The lowest BCUT2D eigenvalue weighted by Gasteiger charge is -2.43. The Hall–Kier alpha value is -2.27. The van der Waals surface area contributed by atoms with Crippen LogP contribution in [0.3, 0.4) is 0 Å². The Labute approximate surface area is 162 Å². The van der Waals surface area contributed by atoms with Crippen molar-refractivity contribution in [1.29, 1.82) is 0 Å². The molecule has 0 amide bonds. The Balaban J connectivity index is 2.05. The highest BCUT2D eigenvalue weighted by atomic mass is 127. The van der Waals surface area contributed by atoms with Gasteiger partial charge in [0.1, 0.15) is 5.54 Å². The number of halogens is 1. The molecule has 0 bridgehead atoms. The maximum Gasteiger partial charge on any atom is 0.117 e. The van der Waals surface area contributed by atoms with E-state index in [1.165, 1.54) is 16.7 Å². The van der Waals surface area contributed by atoms with Crippen LogP contribution in [0.2, 0.25) is 0 Å². The normalized spacial score (nSPS) is 14.1. The monoisotopic (exact) mass is 438 g/mol. The molecule has 2 nitrogen and oxygen atoms in total. The molecule has 3 aromatic rings. The molecule has 3 heteroatoms. The quantitative estimate of drug-likeness (QED) is 0.348. The molecule has 0 aromatic heterocycles. The molecule has 0 fully saturated rings. The van der Waals surface area contributed by atoms with Gasteiger partial charge in [-0.15, -0.1) is 0 Å². The van der Waals surface area contributed by atoms with Gasteiger partial charge in [-0.3, -0.25) is 0 Å². The van der Waals surface area contributed by atoms with Crippen molar-refractivity contribution in [2.45, 2.75) is 5.54 Å². The van der Waals surface area contributed by atoms with Gasteiger partial charge in [-0.2, -0.15) is 0 Å². The fraction of sp³-hybridized carbons (Fsp3) is 0.0909. The highest BCUT2D eigenvalue weighted by molar-refractivity contribution is 14.1. The summed E-state index contributed by atoms with van der Waals surface area (Å²) in [5, 5.41) is 3.46. The first-order chi connectivity index (χ1) is 12.3. The SMILES string of the molecule is IC1=CN(C(c2ccccc2)(c2ccccc2)c2ccccc2)CN1. The highest BCUT2D eigenvalue weighted by Crippen LogP contribution is 2.43. The van der Waals surface area contributed by atoms with Crippen molar-refractivity contribution in [3.8, 4) is 0 Å². The van der Waals surface area contributed by atoms with E-state index in [1.54, 1.807) is 0 Å². The van der Waals surface area contributed by atoms with Crippen LogP contribution in [0.1, 0.15) is 16.7 Å². The molecule has 0 radical (unpaired) electrons. The summed E-state index contributed by atoms with van der Waals surface area (Å²) >= 11 is 2.35. The van der Waals surface area contributed by atoms with Crippen molar-refractivity contribution in [2.75, 3.05) is 6.67 Å². The minimum atomic E-state index is -0.371. The van der Waals surface area contributed by atoms with Crippen LogP contribution in [0.4, 0.5) is 0 Å². The van der Waals surface area contributed by atoms with E-state index in [4.69, 9.17) is 0 Å². The molecule has 1 aliphatic rings. The highest BCUT2D eigenvalue weighted by Gasteiger charge is 2.42. The number of hydrogen-bond donors (Lipinski definition) is 1. The van der Waals surface area contributed by atoms with Crippen molar-refractivity contribution >= 4 is 22.6 Å². The summed E-state index contributed by atoms with van der Waals surface area (Å²) in [4.78, 5) is 2.40. The summed E-state index contributed by atoms with van der Waals surface area (Å²) in [5.74, 6) is 0. The van der Waals surface area contributed by atoms with Crippen molar-refractivity contribution in [3.63, 3.8) is 0 Å². The number of rotatable bonds is 4. The molecule has 1 heterocycles. The van der Waals surface area contributed by atoms with Crippen molar-refractivity contribution in [3.05, 3.63) is 118 Å². The van der Waals surface area contributed by atoms with Gasteiger partial charge in [0.15, 0.2) is 0 Å². The van der Waals surface area contributed by atoms with Gasteiger partial charge in [0.25, 0.3) is 0 Å². The van der Waals surface area contributed by atoms with Gasteiger partial charge < -0.3 is 10.2 Å². The van der Waals surface area contributed by atoms with Crippen LogP contribution in [-0.2, 0) is 5.54 Å².